The van der Waals surface area contributed by atoms with E-state index in [4.69, 9.17) is 11.6 Å². The zero-order chi connectivity index (χ0) is 17.1. The predicted molar refractivity (Wildman–Crippen MR) is 93.2 cm³/mol. The van der Waals surface area contributed by atoms with Gasteiger partial charge in [0.1, 0.15) is 0 Å². The summed E-state index contributed by atoms with van der Waals surface area (Å²) in [5.41, 5.74) is 2.70. The number of hydrogen-bond donors (Lipinski definition) is 1. The standard InChI is InChI=1S/C19H16ClNO3/c1-24-19(23)18(22)10-14(12-6-2-4-8-16(12)20)15-11-21-17-9-5-3-7-13(15)17/h2-9,11,14,21H,10H2,1H3. The molecule has 1 atom stereocenters. The number of aromatic amines is 1. The van der Waals surface area contributed by atoms with Crippen molar-refractivity contribution in [2.75, 3.05) is 7.11 Å². The summed E-state index contributed by atoms with van der Waals surface area (Å²) in [5, 5.41) is 1.56. The van der Waals surface area contributed by atoms with Crippen LogP contribution in [0, 0.1) is 0 Å². The number of carbonyl (C=O) groups excluding carboxylic acids is 2. The topological polar surface area (TPSA) is 59.2 Å². The number of fused-ring (bicyclic) bond motifs is 1. The molecule has 3 rings (SSSR count). The second kappa shape index (κ2) is 6.89. The summed E-state index contributed by atoms with van der Waals surface area (Å²) in [6.45, 7) is 0. The van der Waals surface area contributed by atoms with Crippen LogP contribution in [-0.2, 0) is 14.3 Å². The zero-order valence-corrected chi connectivity index (χ0v) is 13.8. The molecule has 4 nitrogen and oxygen atoms in total. The van der Waals surface area contributed by atoms with E-state index in [-0.39, 0.29) is 12.3 Å². The largest absolute Gasteiger partial charge is 0.463 e. The average molecular weight is 342 g/mol. The molecule has 1 N–H and O–H groups in total. The third kappa shape index (κ3) is 3.05. The first-order valence-electron chi connectivity index (χ1n) is 7.53. The van der Waals surface area contributed by atoms with E-state index >= 15 is 0 Å². The molecule has 0 aliphatic carbocycles. The highest BCUT2D eigenvalue weighted by Crippen LogP contribution is 2.36. The van der Waals surface area contributed by atoms with Gasteiger partial charge < -0.3 is 9.72 Å². The van der Waals surface area contributed by atoms with Crippen LogP contribution in [0.25, 0.3) is 10.9 Å². The maximum absolute atomic E-state index is 12.2. The minimum absolute atomic E-state index is 0.00173. The van der Waals surface area contributed by atoms with Crippen LogP contribution in [0.5, 0.6) is 0 Å². The maximum Gasteiger partial charge on any atom is 0.374 e. The molecule has 0 radical (unpaired) electrons. The van der Waals surface area contributed by atoms with E-state index in [1.165, 1.54) is 7.11 Å². The fourth-order valence-corrected chi connectivity index (χ4v) is 3.18. The SMILES string of the molecule is COC(=O)C(=O)CC(c1ccccc1Cl)c1c[nH]c2ccccc12. The molecule has 0 saturated heterocycles. The molecule has 24 heavy (non-hydrogen) atoms. The number of carbonyl (C=O) groups is 2. The Morgan fingerprint density at radius 1 is 1.08 bits per heavy atom. The number of esters is 1. The first-order chi connectivity index (χ1) is 11.6. The van der Waals surface area contributed by atoms with Crippen LogP contribution in [0.15, 0.2) is 54.7 Å². The summed E-state index contributed by atoms with van der Waals surface area (Å²) in [4.78, 5) is 27.0. The van der Waals surface area contributed by atoms with Crippen LogP contribution in [0.1, 0.15) is 23.5 Å². The monoisotopic (exact) mass is 341 g/mol. The number of H-pyrrole nitrogens is 1. The normalized spacial score (nSPS) is 12.1. The van der Waals surface area contributed by atoms with E-state index in [1.54, 1.807) is 6.07 Å². The van der Waals surface area contributed by atoms with E-state index < -0.39 is 11.8 Å². The van der Waals surface area contributed by atoms with Gasteiger partial charge in [0.15, 0.2) is 0 Å². The number of benzene rings is 2. The van der Waals surface area contributed by atoms with Crippen LogP contribution in [0.3, 0.4) is 0 Å². The number of para-hydroxylation sites is 1. The van der Waals surface area contributed by atoms with Crippen LogP contribution in [0.2, 0.25) is 5.02 Å². The van der Waals surface area contributed by atoms with Gasteiger partial charge in [0.2, 0.25) is 5.78 Å². The summed E-state index contributed by atoms with van der Waals surface area (Å²) < 4.78 is 4.55. The second-order valence-corrected chi connectivity index (χ2v) is 5.89. The summed E-state index contributed by atoms with van der Waals surface area (Å²) in [6, 6.07) is 15.2. The van der Waals surface area contributed by atoms with Crippen molar-refractivity contribution in [1.29, 1.82) is 0 Å². The van der Waals surface area contributed by atoms with Crippen molar-refractivity contribution in [2.24, 2.45) is 0 Å². The number of ketones is 1. The second-order valence-electron chi connectivity index (χ2n) is 5.48. The third-order valence-corrected chi connectivity index (χ3v) is 4.42. The minimum atomic E-state index is -0.841. The smallest absolute Gasteiger partial charge is 0.374 e. The first-order valence-corrected chi connectivity index (χ1v) is 7.91. The quantitative estimate of drug-likeness (QED) is 0.561. The lowest BCUT2D eigenvalue weighted by atomic mass is 9.87. The first kappa shape index (κ1) is 16.3. The van der Waals surface area contributed by atoms with Crippen molar-refractivity contribution in [2.45, 2.75) is 12.3 Å². The van der Waals surface area contributed by atoms with Gasteiger partial charge in [-0.15, -0.1) is 0 Å². The van der Waals surface area contributed by atoms with Crippen molar-refractivity contribution >= 4 is 34.3 Å². The number of rotatable bonds is 5. The van der Waals surface area contributed by atoms with Crippen molar-refractivity contribution in [3.63, 3.8) is 0 Å². The minimum Gasteiger partial charge on any atom is -0.463 e. The van der Waals surface area contributed by atoms with Gasteiger partial charge in [-0.25, -0.2) is 4.79 Å². The van der Waals surface area contributed by atoms with E-state index in [2.05, 4.69) is 9.72 Å². The zero-order valence-electron chi connectivity index (χ0n) is 13.1. The summed E-state index contributed by atoms with van der Waals surface area (Å²) in [5.74, 6) is -1.75. The van der Waals surface area contributed by atoms with Crippen molar-refractivity contribution < 1.29 is 14.3 Å². The van der Waals surface area contributed by atoms with Gasteiger partial charge in [0, 0.05) is 34.5 Å². The lowest BCUT2D eigenvalue weighted by Crippen LogP contribution is -2.19. The lowest BCUT2D eigenvalue weighted by Gasteiger charge is -2.17. The molecule has 5 heteroatoms. The van der Waals surface area contributed by atoms with Gasteiger partial charge in [-0.2, -0.15) is 0 Å². The van der Waals surface area contributed by atoms with Gasteiger partial charge >= 0.3 is 5.97 Å². The molecule has 122 valence electrons. The number of ether oxygens (including phenoxy) is 1. The van der Waals surface area contributed by atoms with Gasteiger partial charge in [-0.1, -0.05) is 48.0 Å². The van der Waals surface area contributed by atoms with Crippen LogP contribution in [-0.4, -0.2) is 23.8 Å². The van der Waals surface area contributed by atoms with Gasteiger partial charge in [-0.05, 0) is 23.3 Å². The third-order valence-electron chi connectivity index (χ3n) is 4.08. The van der Waals surface area contributed by atoms with Crippen molar-refractivity contribution in [3.05, 3.63) is 70.9 Å². The Labute approximate surface area is 144 Å². The Morgan fingerprint density at radius 2 is 1.79 bits per heavy atom. The number of nitrogens with one attached hydrogen (secondary N) is 1. The molecular formula is C19H16ClNO3. The number of aromatic nitrogens is 1. The molecule has 0 amide bonds. The fourth-order valence-electron chi connectivity index (χ4n) is 2.91. The molecule has 1 heterocycles. The average Bonchev–Trinajstić information content (AvgIpc) is 3.03. The summed E-state index contributed by atoms with van der Waals surface area (Å²) in [7, 11) is 1.20. The molecule has 0 fully saturated rings. The molecule has 3 aromatic rings. The van der Waals surface area contributed by atoms with Crippen molar-refractivity contribution in [1.82, 2.24) is 4.98 Å². The molecule has 0 bridgehead atoms. The van der Waals surface area contributed by atoms with Crippen LogP contribution >= 0.6 is 11.6 Å². The van der Waals surface area contributed by atoms with Gasteiger partial charge in [0.25, 0.3) is 0 Å². The molecule has 1 aromatic heterocycles. The van der Waals surface area contributed by atoms with E-state index in [0.717, 1.165) is 22.0 Å². The molecule has 0 saturated carbocycles. The highest BCUT2D eigenvalue weighted by Gasteiger charge is 2.26. The Bertz CT molecular complexity index is 900. The van der Waals surface area contributed by atoms with Crippen LogP contribution < -0.4 is 0 Å². The maximum atomic E-state index is 12.2. The summed E-state index contributed by atoms with van der Waals surface area (Å²) >= 11 is 6.35. The van der Waals surface area contributed by atoms with E-state index in [0.29, 0.717) is 5.02 Å². The van der Waals surface area contributed by atoms with Gasteiger partial charge in [0.05, 0.1) is 7.11 Å². The molecular weight excluding hydrogens is 326 g/mol. The number of halogens is 1. The molecule has 2 aromatic carbocycles. The Kier molecular flexibility index (Phi) is 4.67. The Balaban J connectivity index is 2.10. The number of Topliss-reactive ketones (excluding diaryl/α,β-unsaturated/α-hetero) is 1. The predicted octanol–water partition coefficient (Wildman–Crippen LogP) is 4.09. The highest BCUT2D eigenvalue weighted by atomic mass is 35.5. The Morgan fingerprint density at radius 3 is 2.54 bits per heavy atom. The van der Waals surface area contributed by atoms with Gasteiger partial charge in [-0.3, -0.25) is 4.79 Å². The highest BCUT2D eigenvalue weighted by molar-refractivity contribution is 6.34. The molecule has 0 spiro atoms. The van der Waals surface area contributed by atoms with Crippen molar-refractivity contribution in [3.8, 4) is 0 Å². The van der Waals surface area contributed by atoms with Crippen LogP contribution in [0.4, 0.5) is 0 Å². The molecule has 0 aliphatic rings. The molecule has 1 unspecified atom stereocenters. The fraction of sp³-hybridized carbons (Fsp3) is 0.158. The number of methoxy groups -OCH3 is 1. The lowest BCUT2D eigenvalue weighted by molar-refractivity contribution is -0.151. The molecule has 0 aliphatic heterocycles. The van der Waals surface area contributed by atoms with E-state index in [1.807, 2.05) is 48.7 Å². The van der Waals surface area contributed by atoms with E-state index in [9.17, 15) is 9.59 Å². The Hall–Kier alpha value is -2.59. The number of hydrogen-bond acceptors (Lipinski definition) is 3. The summed E-state index contributed by atoms with van der Waals surface area (Å²) in [6.07, 6.45) is 1.86.